The van der Waals surface area contributed by atoms with Crippen molar-refractivity contribution in [3.8, 4) is 0 Å². The molecule has 22 heavy (non-hydrogen) atoms. The summed E-state index contributed by atoms with van der Waals surface area (Å²) in [6, 6.07) is 5.95. The lowest BCUT2D eigenvalue weighted by Gasteiger charge is -2.09. The van der Waals surface area contributed by atoms with Crippen LogP contribution in [-0.2, 0) is 14.8 Å². The molecule has 0 unspecified atom stereocenters. The summed E-state index contributed by atoms with van der Waals surface area (Å²) in [5, 5.41) is 5.74. The largest absolute Gasteiger partial charge is 0.383 e. The van der Waals surface area contributed by atoms with E-state index in [1.807, 2.05) is 7.05 Å². The van der Waals surface area contributed by atoms with Gasteiger partial charge in [-0.3, -0.25) is 4.79 Å². The van der Waals surface area contributed by atoms with Crippen LogP contribution in [0.5, 0.6) is 0 Å². The fraction of sp³-hybridized carbons (Fsp3) is 0.500. The van der Waals surface area contributed by atoms with Gasteiger partial charge in [-0.15, -0.1) is 0 Å². The number of ether oxygens (including phenoxy) is 1. The Morgan fingerprint density at radius 1 is 1.23 bits per heavy atom. The van der Waals surface area contributed by atoms with Crippen molar-refractivity contribution in [1.82, 2.24) is 15.4 Å². The first kappa shape index (κ1) is 18.6. The van der Waals surface area contributed by atoms with Gasteiger partial charge in [0.25, 0.3) is 5.91 Å². The van der Waals surface area contributed by atoms with Crippen molar-refractivity contribution in [2.45, 2.75) is 11.3 Å². The third-order valence-electron chi connectivity index (χ3n) is 2.89. The van der Waals surface area contributed by atoms with Gasteiger partial charge in [-0.1, -0.05) is 6.07 Å². The molecule has 1 aromatic carbocycles. The van der Waals surface area contributed by atoms with E-state index in [0.717, 1.165) is 13.0 Å². The number of sulfonamides is 1. The van der Waals surface area contributed by atoms with Crippen LogP contribution in [0.2, 0.25) is 0 Å². The maximum Gasteiger partial charge on any atom is 0.251 e. The predicted molar refractivity (Wildman–Crippen MR) is 84.4 cm³/mol. The van der Waals surface area contributed by atoms with Gasteiger partial charge < -0.3 is 15.4 Å². The van der Waals surface area contributed by atoms with Crippen LogP contribution < -0.4 is 15.4 Å². The Kier molecular flexibility index (Phi) is 8.03. The average molecular weight is 329 g/mol. The molecule has 0 atom stereocenters. The lowest BCUT2D eigenvalue weighted by atomic mass is 10.2. The number of methoxy groups -OCH3 is 1. The molecule has 124 valence electrons. The van der Waals surface area contributed by atoms with E-state index in [9.17, 15) is 13.2 Å². The van der Waals surface area contributed by atoms with Crippen LogP contribution in [0.4, 0.5) is 0 Å². The molecule has 0 radical (unpaired) electrons. The van der Waals surface area contributed by atoms with Gasteiger partial charge in [-0.25, -0.2) is 13.1 Å². The molecule has 7 nitrogen and oxygen atoms in total. The Labute approximate surface area is 131 Å². The second kappa shape index (κ2) is 9.52. The molecule has 1 aromatic rings. The van der Waals surface area contributed by atoms with Gasteiger partial charge in [0.2, 0.25) is 10.0 Å². The van der Waals surface area contributed by atoms with Crippen LogP contribution in [0, 0.1) is 0 Å². The molecule has 1 amide bonds. The van der Waals surface area contributed by atoms with Crippen molar-refractivity contribution >= 4 is 15.9 Å². The number of amides is 1. The minimum atomic E-state index is -3.64. The second-order valence-electron chi connectivity index (χ2n) is 4.63. The van der Waals surface area contributed by atoms with Gasteiger partial charge in [0, 0.05) is 25.8 Å². The summed E-state index contributed by atoms with van der Waals surface area (Å²) >= 11 is 0. The van der Waals surface area contributed by atoms with E-state index in [4.69, 9.17) is 4.74 Å². The molecule has 0 bridgehead atoms. The molecule has 1 rings (SSSR count). The minimum Gasteiger partial charge on any atom is -0.383 e. The summed E-state index contributed by atoms with van der Waals surface area (Å²) in [4.78, 5) is 12.0. The zero-order valence-corrected chi connectivity index (χ0v) is 13.7. The Bertz CT molecular complexity index is 575. The van der Waals surface area contributed by atoms with Gasteiger partial charge in [0.15, 0.2) is 0 Å². The van der Waals surface area contributed by atoms with Crippen LogP contribution in [0.25, 0.3) is 0 Å². The number of hydrogen-bond acceptors (Lipinski definition) is 5. The molecule has 0 heterocycles. The van der Waals surface area contributed by atoms with Gasteiger partial charge in [-0.2, -0.15) is 0 Å². The predicted octanol–water partition coefficient (Wildman–Crippen LogP) is -0.0494. The number of hydrogen-bond donors (Lipinski definition) is 3. The summed E-state index contributed by atoms with van der Waals surface area (Å²) in [7, 11) is -0.304. The van der Waals surface area contributed by atoms with Crippen molar-refractivity contribution in [3.05, 3.63) is 29.8 Å². The Morgan fingerprint density at radius 2 is 2.00 bits per heavy atom. The molecule has 0 saturated heterocycles. The van der Waals surface area contributed by atoms with Gasteiger partial charge >= 0.3 is 0 Å². The number of benzene rings is 1. The number of rotatable bonds is 10. The summed E-state index contributed by atoms with van der Waals surface area (Å²) in [5.41, 5.74) is 0.319. The van der Waals surface area contributed by atoms with Crippen LogP contribution >= 0.6 is 0 Å². The first-order valence-electron chi connectivity index (χ1n) is 7.02. The molecular weight excluding hydrogens is 306 g/mol. The lowest BCUT2D eigenvalue weighted by Crippen LogP contribution is -2.28. The van der Waals surface area contributed by atoms with Crippen molar-refractivity contribution in [3.63, 3.8) is 0 Å². The van der Waals surface area contributed by atoms with Crippen LogP contribution in [0.15, 0.2) is 29.2 Å². The van der Waals surface area contributed by atoms with Crippen molar-refractivity contribution < 1.29 is 17.9 Å². The first-order valence-corrected chi connectivity index (χ1v) is 8.51. The highest BCUT2D eigenvalue weighted by molar-refractivity contribution is 7.89. The fourth-order valence-electron chi connectivity index (χ4n) is 1.74. The van der Waals surface area contributed by atoms with Crippen LogP contribution in [0.3, 0.4) is 0 Å². The smallest absolute Gasteiger partial charge is 0.251 e. The summed E-state index contributed by atoms with van der Waals surface area (Å²) in [6.45, 7) is 1.80. The van der Waals surface area contributed by atoms with E-state index in [1.165, 1.54) is 19.2 Å². The van der Waals surface area contributed by atoms with Crippen LogP contribution in [-0.4, -0.2) is 54.7 Å². The molecule has 0 saturated carbocycles. The number of carbonyl (C=O) groups is 1. The summed E-state index contributed by atoms with van der Waals surface area (Å²) < 4.78 is 31.4. The van der Waals surface area contributed by atoms with Gasteiger partial charge in [-0.05, 0) is 38.2 Å². The highest BCUT2D eigenvalue weighted by Crippen LogP contribution is 2.11. The molecule has 0 aromatic heterocycles. The number of carbonyl (C=O) groups excluding carboxylic acids is 1. The van der Waals surface area contributed by atoms with Gasteiger partial charge in [0.05, 0.1) is 11.5 Å². The highest BCUT2D eigenvalue weighted by Gasteiger charge is 2.15. The van der Waals surface area contributed by atoms with Crippen molar-refractivity contribution in [2.75, 3.05) is 40.4 Å². The highest BCUT2D eigenvalue weighted by atomic mass is 32.2. The van der Waals surface area contributed by atoms with E-state index < -0.39 is 10.0 Å². The van der Waals surface area contributed by atoms with Crippen molar-refractivity contribution in [1.29, 1.82) is 0 Å². The quantitative estimate of drug-likeness (QED) is 0.523. The topological polar surface area (TPSA) is 96.5 Å². The monoisotopic (exact) mass is 329 g/mol. The molecule has 0 fully saturated rings. The fourth-order valence-corrected chi connectivity index (χ4v) is 2.79. The molecule has 3 N–H and O–H groups in total. The maximum atomic E-state index is 12.1. The SMILES string of the molecule is CNCCCNC(=O)c1cccc(S(=O)(=O)NCCOC)c1. The summed E-state index contributed by atoms with van der Waals surface area (Å²) in [6.07, 6.45) is 0.804. The minimum absolute atomic E-state index is 0.0616. The molecule has 0 aliphatic carbocycles. The third-order valence-corrected chi connectivity index (χ3v) is 4.35. The standard InChI is InChI=1S/C14H23N3O4S/c1-15-7-4-8-16-14(18)12-5-3-6-13(11-12)22(19,20)17-9-10-21-2/h3,5-6,11,15,17H,4,7-10H2,1-2H3,(H,16,18). The molecule has 0 aliphatic rings. The molecular formula is C14H23N3O4S. The molecule has 0 aliphatic heterocycles. The second-order valence-corrected chi connectivity index (χ2v) is 6.40. The zero-order valence-electron chi connectivity index (χ0n) is 12.9. The van der Waals surface area contributed by atoms with E-state index >= 15 is 0 Å². The normalized spacial score (nSPS) is 11.4. The maximum absolute atomic E-state index is 12.1. The summed E-state index contributed by atoms with van der Waals surface area (Å²) in [5.74, 6) is -0.287. The van der Waals surface area contributed by atoms with E-state index in [2.05, 4.69) is 15.4 Å². The first-order chi connectivity index (χ1) is 10.5. The van der Waals surface area contributed by atoms with E-state index in [-0.39, 0.29) is 24.0 Å². The third kappa shape index (κ3) is 6.10. The Morgan fingerprint density at radius 3 is 2.68 bits per heavy atom. The van der Waals surface area contributed by atoms with Gasteiger partial charge in [0.1, 0.15) is 0 Å². The molecule has 8 heteroatoms. The Balaban J connectivity index is 2.70. The lowest BCUT2D eigenvalue weighted by molar-refractivity contribution is 0.0953. The van der Waals surface area contributed by atoms with E-state index in [0.29, 0.717) is 12.1 Å². The van der Waals surface area contributed by atoms with Crippen molar-refractivity contribution in [2.24, 2.45) is 0 Å². The Hall–Kier alpha value is -1.48. The van der Waals surface area contributed by atoms with Crippen LogP contribution in [0.1, 0.15) is 16.8 Å². The zero-order chi connectivity index (χ0) is 16.4. The molecule has 0 spiro atoms. The average Bonchev–Trinajstić information content (AvgIpc) is 2.51. The number of nitrogens with one attached hydrogen (secondary N) is 3. The van der Waals surface area contributed by atoms with E-state index in [1.54, 1.807) is 12.1 Å².